The van der Waals surface area contributed by atoms with Crippen molar-refractivity contribution in [2.75, 3.05) is 13.1 Å². The number of amides is 4. The molecule has 0 radical (unpaired) electrons. The number of guanidine groups is 1. The monoisotopic (exact) mass is 588 g/mol. The Kier molecular flexibility index (Phi) is 13.2. The molecule has 1 fully saturated rings. The van der Waals surface area contributed by atoms with Crippen LogP contribution in [0.2, 0.25) is 0 Å². The second-order valence-electron chi connectivity index (χ2n) is 10.8. The summed E-state index contributed by atoms with van der Waals surface area (Å²) in [5.74, 6) is -3.88. The van der Waals surface area contributed by atoms with E-state index in [1.54, 1.807) is 44.2 Å². The molecule has 1 aliphatic heterocycles. The minimum atomic E-state index is -1.21. The van der Waals surface area contributed by atoms with Gasteiger partial charge in [-0.3, -0.25) is 24.6 Å². The number of hydrogen-bond donors (Lipinski definition) is 8. The number of aliphatic carboxylic acids is 1. The minimum absolute atomic E-state index is 0.0722. The van der Waals surface area contributed by atoms with Crippen molar-refractivity contribution in [3.8, 4) is 0 Å². The van der Waals surface area contributed by atoms with Crippen LogP contribution in [0, 0.1) is 11.3 Å². The van der Waals surface area contributed by atoms with Gasteiger partial charge in [0.1, 0.15) is 24.2 Å². The summed E-state index contributed by atoms with van der Waals surface area (Å²) < 4.78 is 0. The largest absolute Gasteiger partial charge is 0.480 e. The molecule has 2 rings (SSSR count). The second kappa shape index (κ2) is 16.3. The van der Waals surface area contributed by atoms with Gasteiger partial charge in [-0.1, -0.05) is 44.2 Å². The first-order valence-electron chi connectivity index (χ1n) is 14.1. The van der Waals surface area contributed by atoms with Crippen molar-refractivity contribution in [1.82, 2.24) is 26.2 Å². The zero-order valence-electron chi connectivity index (χ0n) is 24.4. The van der Waals surface area contributed by atoms with Gasteiger partial charge in [0.05, 0.1) is 6.04 Å². The van der Waals surface area contributed by atoms with E-state index in [0.717, 1.165) is 5.56 Å². The lowest BCUT2D eigenvalue weighted by Gasteiger charge is -2.30. The molecule has 0 aliphatic carbocycles. The number of rotatable bonds is 15. The van der Waals surface area contributed by atoms with Crippen LogP contribution in [0.25, 0.3) is 0 Å². The SMILES string of the molecule is CC(C)[C@H](NC(=O)[C@@H]1CCCN1C(=O)[C@@H](N)CCCNC(=N)N)C(=O)N[C@@H](C)C(=O)N[C@@H](Cc1ccccc1)C(=O)O. The molecule has 232 valence electrons. The van der Waals surface area contributed by atoms with Gasteiger partial charge in [-0.2, -0.15) is 0 Å². The van der Waals surface area contributed by atoms with Crippen LogP contribution in [-0.4, -0.2) is 88.9 Å². The van der Waals surface area contributed by atoms with Crippen LogP contribution >= 0.6 is 0 Å². The van der Waals surface area contributed by atoms with Gasteiger partial charge >= 0.3 is 5.97 Å². The molecule has 0 unspecified atom stereocenters. The van der Waals surface area contributed by atoms with Crippen molar-refractivity contribution in [2.24, 2.45) is 17.4 Å². The first-order valence-corrected chi connectivity index (χ1v) is 14.1. The van der Waals surface area contributed by atoms with Crippen LogP contribution in [0.4, 0.5) is 0 Å². The molecule has 1 aromatic rings. The van der Waals surface area contributed by atoms with E-state index < -0.39 is 53.9 Å². The lowest BCUT2D eigenvalue weighted by molar-refractivity contribution is -0.142. The molecular weight excluding hydrogens is 544 g/mol. The zero-order chi connectivity index (χ0) is 31.4. The average Bonchev–Trinajstić information content (AvgIpc) is 3.43. The first-order chi connectivity index (χ1) is 19.8. The standard InChI is InChI=1S/C28H44N8O6/c1-16(2)22(25(39)33-17(3)23(37)34-20(27(41)42)15-18-9-5-4-6-10-18)35-24(38)21-12-8-14-36(21)26(40)19(29)11-7-13-32-28(30)31/h4-6,9-10,16-17,19-22H,7-8,11-15,29H2,1-3H3,(H,33,39)(H,34,37)(H,35,38)(H,41,42)(H4,30,31,32)/t17-,19-,20-,21-,22-/m0/s1. The Morgan fingerprint density at radius 2 is 1.71 bits per heavy atom. The molecule has 0 bridgehead atoms. The van der Waals surface area contributed by atoms with E-state index in [-0.39, 0.29) is 24.2 Å². The topological polar surface area (TPSA) is 233 Å². The minimum Gasteiger partial charge on any atom is -0.480 e. The molecule has 10 N–H and O–H groups in total. The highest BCUT2D eigenvalue weighted by atomic mass is 16.4. The van der Waals surface area contributed by atoms with Crippen LogP contribution < -0.4 is 32.7 Å². The third-order valence-electron chi connectivity index (χ3n) is 7.06. The van der Waals surface area contributed by atoms with Crippen molar-refractivity contribution >= 4 is 35.6 Å². The van der Waals surface area contributed by atoms with Gasteiger partial charge in [0.25, 0.3) is 0 Å². The number of carbonyl (C=O) groups is 5. The predicted octanol–water partition coefficient (Wildman–Crippen LogP) is -0.974. The Labute approximate surface area is 245 Å². The fourth-order valence-corrected chi connectivity index (χ4v) is 4.68. The molecular formula is C28H44N8O6. The van der Waals surface area contributed by atoms with Crippen LogP contribution in [0.5, 0.6) is 0 Å². The predicted molar refractivity (Wildman–Crippen MR) is 156 cm³/mol. The molecule has 1 aromatic carbocycles. The fourth-order valence-electron chi connectivity index (χ4n) is 4.68. The summed E-state index contributed by atoms with van der Waals surface area (Å²) >= 11 is 0. The summed E-state index contributed by atoms with van der Waals surface area (Å²) in [5, 5.41) is 27.2. The maximum atomic E-state index is 13.2. The molecule has 1 aliphatic rings. The van der Waals surface area contributed by atoms with Crippen molar-refractivity contribution < 1.29 is 29.1 Å². The van der Waals surface area contributed by atoms with Crippen molar-refractivity contribution in [3.05, 3.63) is 35.9 Å². The molecule has 14 heteroatoms. The molecule has 1 heterocycles. The summed E-state index contributed by atoms with van der Waals surface area (Å²) in [7, 11) is 0. The number of benzene rings is 1. The number of nitrogens with two attached hydrogens (primary N) is 2. The van der Waals surface area contributed by atoms with Crippen molar-refractivity contribution in [1.29, 1.82) is 5.41 Å². The van der Waals surface area contributed by atoms with Gasteiger partial charge in [-0.25, -0.2) is 4.79 Å². The second-order valence-corrected chi connectivity index (χ2v) is 10.8. The van der Waals surface area contributed by atoms with E-state index in [1.165, 1.54) is 11.8 Å². The number of hydrogen-bond acceptors (Lipinski definition) is 7. The van der Waals surface area contributed by atoms with Crippen LogP contribution in [0.1, 0.15) is 52.0 Å². The molecule has 0 saturated carbocycles. The lowest BCUT2D eigenvalue weighted by Crippen LogP contribution is -2.59. The molecule has 14 nitrogen and oxygen atoms in total. The van der Waals surface area contributed by atoms with Gasteiger partial charge < -0.3 is 42.7 Å². The Balaban J connectivity index is 1.97. The third-order valence-corrected chi connectivity index (χ3v) is 7.06. The highest BCUT2D eigenvalue weighted by Gasteiger charge is 2.38. The summed E-state index contributed by atoms with van der Waals surface area (Å²) in [5.41, 5.74) is 12.1. The Morgan fingerprint density at radius 1 is 1.05 bits per heavy atom. The maximum Gasteiger partial charge on any atom is 0.326 e. The van der Waals surface area contributed by atoms with E-state index in [2.05, 4.69) is 21.3 Å². The van der Waals surface area contributed by atoms with Crippen LogP contribution in [0.3, 0.4) is 0 Å². The molecule has 1 saturated heterocycles. The molecule has 5 atom stereocenters. The van der Waals surface area contributed by atoms with E-state index in [0.29, 0.717) is 38.8 Å². The highest BCUT2D eigenvalue weighted by molar-refractivity contribution is 5.95. The number of nitrogens with zero attached hydrogens (tertiary/aromatic N) is 1. The number of carboxylic acids is 1. The third kappa shape index (κ3) is 10.3. The van der Waals surface area contributed by atoms with Crippen molar-refractivity contribution in [3.63, 3.8) is 0 Å². The van der Waals surface area contributed by atoms with E-state index in [9.17, 15) is 29.1 Å². The number of carboxylic acid groups (broad SMARTS) is 1. The molecule has 0 spiro atoms. The Hall–Kier alpha value is -4.20. The van der Waals surface area contributed by atoms with E-state index in [4.69, 9.17) is 16.9 Å². The fraction of sp³-hybridized carbons (Fsp3) is 0.571. The molecule has 4 amide bonds. The van der Waals surface area contributed by atoms with Gasteiger partial charge in [-0.05, 0) is 44.1 Å². The summed E-state index contributed by atoms with van der Waals surface area (Å²) in [6.45, 7) is 5.65. The first kappa shape index (κ1) is 34.0. The van der Waals surface area contributed by atoms with Crippen molar-refractivity contribution in [2.45, 2.75) is 83.1 Å². The smallest absolute Gasteiger partial charge is 0.326 e. The van der Waals surface area contributed by atoms with Gasteiger partial charge in [0.15, 0.2) is 5.96 Å². The zero-order valence-corrected chi connectivity index (χ0v) is 24.4. The molecule has 0 aromatic heterocycles. The molecule has 42 heavy (non-hydrogen) atoms. The summed E-state index contributed by atoms with van der Waals surface area (Å²) in [6, 6.07) is 3.96. The normalized spacial score (nSPS) is 17.5. The highest BCUT2D eigenvalue weighted by Crippen LogP contribution is 2.20. The number of likely N-dealkylation sites (tertiary alicyclic amines) is 1. The quantitative estimate of drug-likeness (QED) is 0.0714. The van der Waals surface area contributed by atoms with Crippen LogP contribution in [-0.2, 0) is 30.4 Å². The summed E-state index contributed by atoms with van der Waals surface area (Å²) in [6.07, 6.45) is 1.95. The summed E-state index contributed by atoms with van der Waals surface area (Å²) in [4.78, 5) is 65.3. The van der Waals surface area contributed by atoms with E-state index in [1.807, 2.05) is 0 Å². The lowest BCUT2D eigenvalue weighted by atomic mass is 10.0. The Morgan fingerprint density at radius 3 is 2.31 bits per heavy atom. The average molecular weight is 589 g/mol. The van der Waals surface area contributed by atoms with Gasteiger partial charge in [0, 0.05) is 19.5 Å². The number of nitrogens with one attached hydrogen (secondary N) is 5. The maximum absolute atomic E-state index is 13.2. The van der Waals surface area contributed by atoms with Crippen LogP contribution in [0.15, 0.2) is 30.3 Å². The number of carbonyl (C=O) groups excluding carboxylic acids is 4. The van der Waals surface area contributed by atoms with Gasteiger partial charge in [-0.15, -0.1) is 0 Å². The Bertz CT molecular complexity index is 1110. The van der Waals surface area contributed by atoms with E-state index >= 15 is 0 Å². The van der Waals surface area contributed by atoms with Gasteiger partial charge in [0.2, 0.25) is 23.6 Å².